The Morgan fingerprint density at radius 1 is 1.07 bits per heavy atom. The fourth-order valence-corrected chi connectivity index (χ4v) is 4.34. The minimum Gasteiger partial charge on any atom is -0.497 e. The minimum absolute atomic E-state index is 0.0105. The van der Waals surface area contributed by atoms with Crippen LogP contribution in [0.3, 0.4) is 0 Å². The molecule has 0 unspecified atom stereocenters. The molecule has 0 aliphatic carbocycles. The lowest BCUT2D eigenvalue weighted by Crippen LogP contribution is -2.35. The molecule has 4 aromatic rings. The van der Waals surface area contributed by atoms with Crippen LogP contribution in [0, 0.1) is 11.5 Å². The van der Waals surface area contributed by atoms with E-state index in [1.54, 1.807) is 30.2 Å². The van der Waals surface area contributed by atoms with E-state index in [9.17, 15) is 4.79 Å². The van der Waals surface area contributed by atoms with Gasteiger partial charge in [0.1, 0.15) is 31.7 Å². The zero-order valence-corrected chi connectivity index (χ0v) is 25.0. The second-order valence-electron chi connectivity index (χ2n) is 11.4. The highest BCUT2D eigenvalue weighted by molar-refractivity contribution is 6.83. The maximum atomic E-state index is 13.1. The smallest absolute Gasteiger partial charge is 0.326 e. The van der Waals surface area contributed by atoms with Gasteiger partial charge in [-0.2, -0.15) is 5.10 Å². The van der Waals surface area contributed by atoms with E-state index in [2.05, 4.69) is 46.1 Å². The molecule has 0 amide bonds. The van der Waals surface area contributed by atoms with Crippen molar-refractivity contribution in [3.8, 4) is 28.5 Å². The highest BCUT2D eigenvalue weighted by atomic mass is 28.3. The number of hydrogen-bond acceptors (Lipinski definition) is 9. The van der Waals surface area contributed by atoms with E-state index in [4.69, 9.17) is 20.3 Å². The van der Waals surface area contributed by atoms with Crippen molar-refractivity contribution in [3.63, 3.8) is 0 Å². The lowest BCUT2D eigenvalue weighted by atomic mass is 10.1. The van der Waals surface area contributed by atoms with Crippen LogP contribution >= 0.6 is 0 Å². The van der Waals surface area contributed by atoms with Crippen molar-refractivity contribution in [2.75, 3.05) is 24.3 Å². The number of methoxy groups -OCH3 is 1. The standard InChI is InChI=1S/C29H35N7O3Si/c1-29(2,3)39-26(37)19-35(18-20-8-10-23(38-4)11-9-20)25-14-24(21-15-32-28(30)33-16-21)34-36-22(17-31-27(25)36)12-13-40(5,6)7/h8-11,14-17H,18-19H2,1-7H3,(H2,30,32,33). The van der Waals surface area contributed by atoms with Crippen molar-refractivity contribution >= 4 is 31.3 Å². The lowest BCUT2D eigenvalue weighted by Gasteiger charge is -2.27. The molecule has 1 aromatic carbocycles. The topological polar surface area (TPSA) is 121 Å². The van der Waals surface area contributed by atoms with Gasteiger partial charge in [-0.05, 0) is 44.5 Å². The molecule has 0 saturated carbocycles. The number of imidazole rings is 1. The first-order valence-corrected chi connectivity index (χ1v) is 16.4. The number of hydrogen-bond donors (Lipinski definition) is 1. The van der Waals surface area contributed by atoms with E-state index in [1.807, 2.05) is 56.0 Å². The molecule has 0 fully saturated rings. The number of carbonyl (C=O) groups excluding carboxylic acids is 1. The average Bonchev–Trinajstić information content (AvgIpc) is 3.29. The zero-order chi connectivity index (χ0) is 29.1. The molecule has 0 spiro atoms. The fourth-order valence-electron chi connectivity index (χ4n) is 3.84. The molecule has 0 aliphatic heterocycles. The Labute approximate surface area is 235 Å². The monoisotopic (exact) mass is 557 g/mol. The predicted octanol–water partition coefficient (Wildman–Crippen LogP) is 4.35. The minimum atomic E-state index is -1.67. The Balaban J connectivity index is 1.89. The number of aromatic nitrogens is 5. The Morgan fingerprint density at radius 3 is 2.35 bits per heavy atom. The second kappa shape index (κ2) is 11.4. The molecular formula is C29H35N7O3Si. The van der Waals surface area contributed by atoms with Crippen molar-refractivity contribution in [1.29, 1.82) is 0 Å². The molecule has 208 valence electrons. The van der Waals surface area contributed by atoms with Crippen LogP contribution in [0.2, 0.25) is 19.6 Å². The molecule has 0 radical (unpaired) electrons. The Kier molecular flexibility index (Phi) is 8.11. The Bertz CT molecular complexity index is 1560. The van der Waals surface area contributed by atoms with Gasteiger partial charge in [-0.25, -0.2) is 19.5 Å². The van der Waals surface area contributed by atoms with Crippen LogP contribution in [0.25, 0.3) is 16.9 Å². The van der Waals surface area contributed by atoms with Crippen LogP contribution in [0.15, 0.2) is 48.9 Å². The molecule has 0 aliphatic rings. The van der Waals surface area contributed by atoms with Gasteiger partial charge >= 0.3 is 5.97 Å². The third-order valence-corrected chi connectivity index (χ3v) is 6.47. The van der Waals surface area contributed by atoms with Crippen LogP contribution in [0.1, 0.15) is 32.0 Å². The molecule has 3 aromatic heterocycles. The van der Waals surface area contributed by atoms with E-state index in [1.165, 1.54) is 0 Å². The summed E-state index contributed by atoms with van der Waals surface area (Å²) in [6.45, 7) is 12.5. The number of anilines is 2. The Hall–Kier alpha value is -4.43. The van der Waals surface area contributed by atoms with Gasteiger partial charge in [-0.1, -0.05) is 37.7 Å². The summed E-state index contributed by atoms with van der Waals surface area (Å²) in [6, 6.07) is 9.58. The van der Waals surface area contributed by atoms with Crippen LogP contribution < -0.4 is 15.4 Å². The highest BCUT2D eigenvalue weighted by Crippen LogP contribution is 2.29. The second-order valence-corrected chi connectivity index (χ2v) is 16.2. The largest absolute Gasteiger partial charge is 0.497 e. The summed E-state index contributed by atoms with van der Waals surface area (Å²) < 4.78 is 12.7. The number of benzene rings is 1. The number of nitrogens with zero attached hydrogens (tertiary/aromatic N) is 6. The first-order valence-electron chi connectivity index (χ1n) is 12.9. The molecule has 0 atom stereocenters. The quantitative estimate of drug-likeness (QED) is 0.201. The van der Waals surface area contributed by atoms with Crippen molar-refractivity contribution in [3.05, 3.63) is 60.2 Å². The SMILES string of the molecule is COc1ccc(CN(CC(=O)OC(C)(C)C)c2cc(-c3cnc(N)nc3)nn3c(C#C[Si](C)(C)C)cnc23)cc1. The lowest BCUT2D eigenvalue weighted by molar-refractivity contribution is -0.153. The number of nitrogen functional groups attached to an aromatic ring is 1. The number of esters is 1. The molecule has 0 saturated heterocycles. The van der Waals surface area contributed by atoms with Crippen molar-refractivity contribution in [2.45, 2.75) is 52.6 Å². The van der Waals surface area contributed by atoms with Crippen molar-refractivity contribution in [1.82, 2.24) is 24.6 Å². The van der Waals surface area contributed by atoms with E-state index in [-0.39, 0.29) is 18.5 Å². The van der Waals surface area contributed by atoms with Gasteiger partial charge in [0.2, 0.25) is 5.95 Å². The summed E-state index contributed by atoms with van der Waals surface area (Å²) in [4.78, 5) is 28.0. The van der Waals surface area contributed by atoms with E-state index >= 15 is 0 Å². The summed E-state index contributed by atoms with van der Waals surface area (Å²) in [5, 5.41) is 4.83. The third kappa shape index (κ3) is 7.36. The van der Waals surface area contributed by atoms with Gasteiger partial charge in [0.05, 0.1) is 24.7 Å². The summed E-state index contributed by atoms with van der Waals surface area (Å²) >= 11 is 0. The van der Waals surface area contributed by atoms with Crippen LogP contribution in [-0.2, 0) is 16.1 Å². The summed E-state index contributed by atoms with van der Waals surface area (Å²) in [5.74, 6) is 3.82. The number of carbonyl (C=O) groups is 1. The number of rotatable bonds is 7. The van der Waals surface area contributed by atoms with E-state index in [0.29, 0.717) is 34.8 Å². The van der Waals surface area contributed by atoms with Gasteiger partial charge in [0.25, 0.3) is 0 Å². The molecule has 0 bridgehead atoms. The van der Waals surface area contributed by atoms with Crippen molar-refractivity contribution in [2.24, 2.45) is 0 Å². The normalized spacial score (nSPS) is 11.6. The van der Waals surface area contributed by atoms with Gasteiger partial charge in [-0.15, -0.1) is 5.54 Å². The zero-order valence-electron chi connectivity index (χ0n) is 24.0. The Morgan fingerprint density at radius 2 is 1.75 bits per heavy atom. The van der Waals surface area contributed by atoms with Gasteiger partial charge in [0.15, 0.2) is 5.65 Å². The van der Waals surface area contributed by atoms with Crippen LogP contribution in [0.5, 0.6) is 5.75 Å². The maximum absolute atomic E-state index is 13.1. The summed E-state index contributed by atoms with van der Waals surface area (Å²) in [5.41, 5.74) is 12.6. The van der Waals surface area contributed by atoms with Gasteiger partial charge in [-0.3, -0.25) is 4.79 Å². The van der Waals surface area contributed by atoms with Crippen LogP contribution in [0.4, 0.5) is 11.6 Å². The first kappa shape index (κ1) is 28.6. The van der Waals surface area contributed by atoms with Crippen LogP contribution in [-0.4, -0.2) is 57.9 Å². The maximum Gasteiger partial charge on any atom is 0.326 e. The van der Waals surface area contributed by atoms with Gasteiger partial charge in [0, 0.05) is 24.5 Å². The van der Waals surface area contributed by atoms with E-state index < -0.39 is 13.7 Å². The number of nitrogens with two attached hydrogens (primary N) is 1. The third-order valence-electron chi connectivity index (χ3n) is 5.59. The molecule has 2 N–H and O–H groups in total. The molecule has 4 rings (SSSR count). The molecule has 3 heterocycles. The fraction of sp³-hybridized carbons (Fsp3) is 0.345. The van der Waals surface area contributed by atoms with Gasteiger partial charge < -0.3 is 20.1 Å². The molecule has 10 nitrogen and oxygen atoms in total. The van der Waals surface area contributed by atoms with Crippen molar-refractivity contribution < 1.29 is 14.3 Å². The summed E-state index contributed by atoms with van der Waals surface area (Å²) in [7, 11) is -0.0434. The number of ether oxygens (including phenoxy) is 2. The summed E-state index contributed by atoms with van der Waals surface area (Å²) in [6.07, 6.45) is 4.94. The first-order chi connectivity index (χ1) is 18.8. The number of fused-ring (bicyclic) bond motifs is 1. The molecule has 11 heteroatoms. The predicted molar refractivity (Wildman–Crippen MR) is 159 cm³/mol. The average molecular weight is 558 g/mol. The highest BCUT2D eigenvalue weighted by Gasteiger charge is 2.23. The molecular weight excluding hydrogens is 522 g/mol. The van der Waals surface area contributed by atoms with E-state index in [0.717, 1.165) is 11.3 Å². The molecule has 40 heavy (non-hydrogen) atoms.